The summed E-state index contributed by atoms with van der Waals surface area (Å²) in [6.45, 7) is 4.05. The van der Waals surface area contributed by atoms with Gasteiger partial charge in [0.25, 0.3) is 0 Å². The first-order valence-electron chi connectivity index (χ1n) is 6.80. The molecule has 0 aliphatic heterocycles. The number of hydrogen-bond acceptors (Lipinski definition) is 3. The molecule has 20 heavy (non-hydrogen) atoms. The van der Waals surface area contributed by atoms with Gasteiger partial charge in [-0.1, -0.05) is 13.0 Å². The number of nitrogens with zero attached hydrogens (tertiary/aromatic N) is 1. The molecule has 1 heterocycles. The normalized spacial score (nSPS) is 10.5. The molecule has 1 aromatic carbocycles. The van der Waals surface area contributed by atoms with Gasteiger partial charge in [0.2, 0.25) is 0 Å². The number of aromatic nitrogens is 1. The first-order valence-corrected chi connectivity index (χ1v) is 6.80. The lowest BCUT2D eigenvalue weighted by atomic mass is 10.2. The maximum atomic E-state index is 13.9. The number of rotatable bonds is 7. The Bertz CT molecular complexity index is 531. The van der Waals surface area contributed by atoms with Crippen molar-refractivity contribution in [1.29, 1.82) is 0 Å². The van der Waals surface area contributed by atoms with Crippen LogP contribution in [0.15, 0.2) is 42.7 Å². The Morgan fingerprint density at radius 3 is 2.65 bits per heavy atom. The van der Waals surface area contributed by atoms with Crippen molar-refractivity contribution in [3.63, 3.8) is 0 Å². The number of benzene rings is 1. The molecule has 0 amide bonds. The highest BCUT2D eigenvalue weighted by Crippen LogP contribution is 2.19. The van der Waals surface area contributed by atoms with Crippen molar-refractivity contribution < 1.29 is 9.13 Å². The summed E-state index contributed by atoms with van der Waals surface area (Å²) in [7, 11) is 0. The highest BCUT2D eigenvalue weighted by atomic mass is 19.1. The molecule has 1 N–H and O–H groups in total. The predicted molar refractivity (Wildman–Crippen MR) is 77.0 cm³/mol. The third-order valence-corrected chi connectivity index (χ3v) is 2.90. The zero-order valence-electron chi connectivity index (χ0n) is 11.6. The number of hydrogen-bond donors (Lipinski definition) is 1. The van der Waals surface area contributed by atoms with Crippen molar-refractivity contribution in [3.8, 4) is 5.75 Å². The Morgan fingerprint density at radius 2 is 1.95 bits per heavy atom. The quantitative estimate of drug-likeness (QED) is 0.787. The fourth-order valence-corrected chi connectivity index (χ4v) is 1.82. The molecule has 0 saturated heterocycles. The van der Waals surface area contributed by atoms with E-state index in [1.54, 1.807) is 18.5 Å². The van der Waals surface area contributed by atoms with Gasteiger partial charge in [-0.05, 0) is 48.4 Å². The van der Waals surface area contributed by atoms with Crippen LogP contribution in [0.2, 0.25) is 0 Å². The van der Waals surface area contributed by atoms with Crippen molar-refractivity contribution in [1.82, 2.24) is 10.3 Å². The van der Waals surface area contributed by atoms with Gasteiger partial charge in [-0.25, -0.2) is 4.39 Å². The Balaban J connectivity index is 1.92. The molecule has 0 unspecified atom stereocenters. The van der Waals surface area contributed by atoms with Crippen LogP contribution in [0.25, 0.3) is 0 Å². The summed E-state index contributed by atoms with van der Waals surface area (Å²) in [5.41, 5.74) is 1.89. The Morgan fingerprint density at radius 1 is 1.15 bits per heavy atom. The molecule has 106 valence electrons. The van der Waals surface area contributed by atoms with E-state index in [-0.39, 0.29) is 11.6 Å². The second-order valence-corrected chi connectivity index (χ2v) is 4.59. The van der Waals surface area contributed by atoms with E-state index >= 15 is 0 Å². The Kier molecular flexibility index (Phi) is 5.50. The fourth-order valence-electron chi connectivity index (χ4n) is 1.82. The predicted octanol–water partition coefficient (Wildman–Crippen LogP) is 3.30. The molecule has 2 rings (SSSR count). The molecular weight excluding hydrogens is 255 g/mol. The monoisotopic (exact) mass is 274 g/mol. The molecule has 1 aromatic heterocycles. The van der Waals surface area contributed by atoms with Crippen LogP contribution in [0.5, 0.6) is 5.75 Å². The van der Waals surface area contributed by atoms with Gasteiger partial charge in [0.1, 0.15) is 6.61 Å². The molecule has 0 aliphatic carbocycles. The zero-order valence-corrected chi connectivity index (χ0v) is 11.6. The van der Waals surface area contributed by atoms with Crippen LogP contribution in [0.1, 0.15) is 24.5 Å². The van der Waals surface area contributed by atoms with Gasteiger partial charge >= 0.3 is 0 Å². The van der Waals surface area contributed by atoms with Crippen LogP contribution >= 0.6 is 0 Å². The molecule has 3 nitrogen and oxygen atoms in total. The lowest BCUT2D eigenvalue weighted by Gasteiger charge is -2.09. The molecule has 0 spiro atoms. The van der Waals surface area contributed by atoms with Gasteiger partial charge in [0.05, 0.1) is 0 Å². The summed E-state index contributed by atoms with van der Waals surface area (Å²) in [5.74, 6) is -0.0455. The molecule has 0 aliphatic rings. The van der Waals surface area contributed by atoms with E-state index in [9.17, 15) is 4.39 Å². The molecular formula is C16H19FN2O. The Labute approximate surface area is 118 Å². The van der Waals surface area contributed by atoms with E-state index in [0.717, 1.165) is 24.1 Å². The van der Waals surface area contributed by atoms with Crippen molar-refractivity contribution in [3.05, 3.63) is 59.7 Å². The average molecular weight is 274 g/mol. The standard InChI is InChI=1S/C16H19FN2O/c1-2-7-19-11-14-3-4-16(15(17)10-14)20-12-13-5-8-18-9-6-13/h3-6,8-10,19H,2,7,11-12H2,1H3. The summed E-state index contributed by atoms with van der Waals surface area (Å²) in [6, 6.07) is 8.78. The van der Waals surface area contributed by atoms with Crippen molar-refractivity contribution >= 4 is 0 Å². The highest BCUT2D eigenvalue weighted by Gasteiger charge is 2.05. The molecule has 0 fully saturated rings. The van der Waals surface area contributed by atoms with Crippen LogP contribution in [0.4, 0.5) is 4.39 Å². The van der Waals surface area contributed by atoms with Gasteiger partial charge in [0.15, 0.2) is 11.6 Å². The summed E-state index contributed by atoms with van der Waals surface area (Å²) in [4.78, 5) is 3.93. The van der Waals surface area contributed by atoms with Crippen LogP contribution < -0.4 is 10.1 Å². The minimum Gasteiger partial charge on any atom is -0.486 e. The third kappa shape index (κ3) is 4.31. The topological polar surface area (TPSA) is 34.1 Å². The maximum Gasteiger partial charge on any atom is 0.165 e. The lowest BCUT2D eigenvalue weighted by molar-refractivity contribution is 0.290. The van der Waals surface area contributed by atoms with Crippen LogP contribution in [-0.4, -0.2) is 11.5 Å². The SMILES string of the molecule is CCCNCc1ccc(OCc2ccncc2)c(F)c1. The number of ether oxygens (including phenoxy) is 1. The molecule has 0 atom stereocenters. The molecule has 0 bridgehead atoms. The van der Waals surface area contributed by atoms with E-state index in [1.807, 2.05) is 18.2 Å². The van der Waals surface area contributed by atoms with E-state index in [2.05, 4.69) is 17.2 Å². The van der Waals surface area contributed by atoms with E-state index in [0.29, 0.717) is 13.2 Å². The fraction of sp³-hybridized carbons (Fsp3) is 0.312. The maximum absolute atomic E-state index is 13.9. The van der Waals surface area contributed by atoms with Gasteiger partial charge in [-0.3, -0.25) is 4.98 Å². The summed E-state index contributed by atoms with van der Waals surface area (Å²) >= 11 is 0. The first-order chi connectivity index (χ1) is 9.79. The van der Waals surface area contributed by atoms with Crippen LogP contribution in [0.3, 0.4) is 0 Å². The summed E-state index contributed by atoms with van der Waals surface area (Å²) in [5, 5.41) is 3.24. The van der Waals surface area contributed by atoms with E-state index < -0.39 is 0 Å². The lowest BCUT2D eigenvalue weighted by Crippen LogP contribution is -2.13. The van der Waals surface area contributed by atoms with Gasteiger partial charge in [-0.2, -0.15) is 0 Å². The van der Waals surface area contributed by atoms with Gasteiger partial charge in [0, 0.05) is 18.9 Å². The van der Waals surface area contributed by atoms with Gasteiger partial charge < -0.3 is 10.1 Å². The second-order valence-electron chi connectivity index (χ2n) is 4.59. The number of halogens is 1. The van der Waals surface area contributed by atoms with Crippen molar-refractivity contribution in [2.24, 2.45) is 0 Å². The smallest absolute Gasteiger partial charge is 0.165 e. The first kappa shape index (κ1) is 14.5. The number of pyridine rings is 1. The summed E-state index contributed by atoms with van der Waals surface area (Å²) < 4.78 is 19.4. The average Bonchev–Trinajstić information content (AvgIpc) is 2.48. The van der Waals surface area contributed by atoms with Crippen molar-refractivity contribution in [2.75, 3.05) is 6.54 Å². The molecule has 0 saturated carbocycles. The second kappa shape index (κ2) is 7.60. The largest absolute Gasteiger partial charge is 0.486 e. The van der Waals surface area contributed by atoms with Crippen LogP contribution in [-0.2, 0) is 13.2 Å². The summed E-state index contributed by atoms with van der Waals surface area (Å²) in [6.07, 6.45) is 4.45. The van der Waals surface area contributed by atoms with E-state index in [4.69, 9.17) is 4.74 Å². The van der Waals surface area contributed by atoms with E-state index in [1.165, 1.54) is 6.07 Å². The third-order valence-electron chi connectivity index (χ3n) is 2.90. The zero-order chi connectivity index (χ0) is 14.2. The van der Waals surface area contributed by atoms with Crippen LogP contribution in [0, 0.1) is 5.82 Å². The minimum absolute atomic E-state index is 0.279. The highest BCUT2D eigenvalue weighted by molar-refractivity contribution is 5.29. The molecule has 0 radical (unpaired) electrons. The minimum atomic E-state index is -0.324. The van der Waals surface area contributed by atoms with Crippen molar-refractivity contribution in [2.45, 2.75) is 26.5 Å². The Hall–Kier alpha value is -1.94. The molecule has 2 aromatic rings. The molecule has 4 heteroatoms. The van der Waals surface area contributed by atoms with Gasteiger partial charge in [-0.15, -0.1) is 0 Å². The number of nitrogens with one attached hydrogen (secondary N) is 1.